The number of hydrogen-bond acceptors (Lipinski definition) is 4. The number of aromatic nitrogens is 2. The molecule has 2 rings (SSSR count). The fourth-order valence-corrected chi connectivity index (χ4v) is 2.50. The first-order valence-electron chi connectivity index (χ1n) is 7.66. The molecule has 7 heteroatoms. The Morgan fingerprint density at radius 1 is 1.38 bits per heavy atom. The standard InChI is InChI=1S/C17H24N4O2.ClH/c1-5-21(11-13-6-8-15(23-4)9-7-13)17(22)16(18-2)14-10-19-20(3)12-14;/h6-10,12,16,18H,5,11H2,1-4H3;1H. The highest BCUT2D eigenvalue weighted by Crippen LogP contribution is 2.18. The van der Waals surface area contributed by atoms with Gasteiger partial charge in [-0.1, -0.05) is 12.1 Å². The van der Waals surface area contributed by atoms with Crippen molar-refractivity contribution in [2.45, 2.75) is 19.5 Å². The number of halogens is 1. The summed E-state index contributed by atoms with van der Waals surface area (Å²) in [6, 6.07) is 7.39. The zero-order chi connectivity index (χ0) is 16.8. The average molecular weight is 353 g/mol. The molecule has 1 N–H and O–H groups in total. The average Bonchev–Trinajstić information content (AvgIpc) is 2.99. The highest BCUT2D eigenvalue weighted by Gasteiger charge is 2.24. The Balaban J connectivity index is 0.00000288. The molecule has 1 aromatic heterocycles. The zero-order valence-electron chi connectivity index (χ0n) is 14.5. The van der Waals surface area contributed by atoms with E-state index in [1.54, 1.807) is 25.0 Å². The van der Waals surface area contributed by atoms with Crippen molar-refractivity contribution in [3.05, 3.63) is 47.8 Å². The Morgan fingerprint density at radius 3 is 2.50 bits per heavy atom. The maximum absolute atomic E-state index is 12.8. The van der Waals surface area contributed by atoms with Crippen LogP contribution in [0.4, 0.5) is 0 Å². The van der Waals surface area contributed by atoms with Gasteiger partial charge in [-0.15, -0.1) is 12.4 Å². The predicted molar refractivity (Wildman–Crippen MR) is 96.3 cm³/mol. The first-order chi connectivity index (χ1) is 11.1. The summed E-state index contributed by atoms with van der Waals surface area (Å²) in [4.78, 5) is 14.7. The fraction of sp³-hybridized carbons (Fsp3) is 0.412. The van der Waals surface area contributed by atoms with E-state index in [1.165, 1.54) is 0 Å². The van der Waals surface area contributed by atoms with E-state index in [2.05, 4.69) is 10.4 Å². The van der Waals surface area contributed by atoms with Crippen molar-refractivity contribution in [1.82, 2.24) is 20.0 Å². The first-order valence-corrected chi connectivity index (χ1v) is 7.66. The summed E-state index contributed by atoms with van der Waals surface area (Å²) in [6.45, 7) is 3.19. The normalized spacial score (nSPS) is 11.5. The predicted octanol–water partition coefficient (Wildman–Crippen LogP) is 2.16. The van der Waals surface area contributed by atoms with Gasteiger partial charge >= 0.3 is 0 Å². The van der Waals surface area contributed by atoms with E-state index >= 15 is 0 Å². The van der Waals surface area contributed by atoms with Crippen LogP contribution in [0.25, 0.3) is 0 Å². The number of aryl methyl sites for hydroxylation is 1. The molecule has 0 spiro atoms. The maximum Gasteiger partial charge on any atom is 0.244 e. The van der Waals surface area contributed by atoms with Crippen molar-refractivity contribution < 1.29 is 9.53 Å². The van der Waals surface area contributed by atoms with Gasteiger partial charge in [0.15, 0.2) is 0 Å². The second-order valence-corrected chi connectivity index (χ2v) is 5.37. The Hall–Kier alpha value is -2.05. The molecule has 1 unspecified atom stereocenters. The number of rotatable bonds is 7. The summed E-state index contributed by atoms with van der Waals surface area (Å²) in [7, 11) is 5.27. The van der Waals surface area contributed by atoms with Gasteiger partial charge in [-0.25, -0.2) is 0 Å². The molecule has 0 saturated carbocycles. The second kappa shape index (κ2) is 9.30. The SMILES string of the molecule is CCN(Cc1ccc(OC)cc1)C(=O)C(NC)c1cnn(C)c1.Cl. The van der Waals surface area contributed by atoms with E-state index in [4.69, 9.17) is 4.74 Å². The maximum atomic E-state index is 12.8. The summed E-state index contributed by atoms with van der Waals surface area (Å²) >= 11 is 0. The van der Waals surface area contributed by atoms with Crippen molar-refractivity contribution in [3.63, 3.8) is 0 Å². The molecule has 132 valence electrons. The number of ether oxygens (including phenoxy) is 1. The Kier molecular flexibility index (Phi) is 7.74. The quantitative estimate of drug-likeness (QED) is 0.829. The van der Waals surface area contributed by atoms with Gasteiger partial charge in [0.05, 0.1) is 13.3 Å². The van der Waals surface area contributed by atoms with Crippen LogP contribution in [-0.4, -0.2) is 41.3 Å². The van der Waals surface area contributed by atoms with Gasteiger partial charge in [0.2, 0.25) is 5.91 Å². The molecule has 0 fully saturated rings. The number of nitrogens with one attached hydrogen (secondary N) is 1. The summed E-state index contributed by atoms with van der Waals surface area (Å²) in [5.74, 6) is 0.852. The summed E-state index contributed by atoms with van der Waals surface area (Å²) in [6.07, 6.45) is 3.58. The van der Waals surface area contributed by atoms with Crippen LogP contribution >= 0.6 is 12.4 Å². The van der Waals surface area contributed by atoms with Gasteiger partial charge in [0, 0.05) is 31.9 Å². The van der Waals surface area contributed by atoms with E-state index in [9.17, 15) is 4.79 Å². The van der Waals surface area contributed by atoms with Gasteiger partial charge in [0.1, 0.15) is 11.8 Å². The molecule has 0 saturated heterocycles. The lowest BCUT2D eigenvalue weighted by Crippen LogP contribution is -2.39. The molecule has 1 aromatic carbocycles. The van der Waals surface area contributed by atoms with E-state index in [-0.39, 0.29) is 24.4 Å². The van der Waals surface area contributed by atoms with Crippen LogP contribution in [0, 0.1) is 0 Å². The third kappa shape index (κ3) is 4.72. The highest BCUT2D eigenvalue weighted by atomic mass is 35.5. The van der Waals surface area contributed by atoms with E-state index in [0.29, 0.717) is 13.1 Å². The van der Waals surface area contributed by atoms with Gasteiger partial charge in [-0.3, -0.25) is 9.48 Å². The number of amides is 1. The molecule has 2 aromatic rings. The molecule has 6 nitrogen and oxygen atoms in total. The first kappa shape index (κ1) is 20.0. The summed E-state index contributed by atoms with van der Waals surface area (Å²) < 4.78 is 6.87. The third-order valence-electron chi connectivity index (χ3n) is 3.82. The number of nitrogens with zero attached hydrogens (tertiary/aromatic N) is 3. The molecule has 0 radical (unpaired) electrons. The van der Waals surface area contributed by atoms with E-state index in [1.807, 2.05) is 49.3 Å². The zero-order valence-corrected chi connectivity index (χ0v) is 15.3. The molecule has 0 aliphatic heterocycles. The van der Waals surface area contributed by atoms with E-state index in [0.717, 1.165) is 16.9 Å². The number of methoxy groups -OCH3 is 1. The third-order valence-corrected chi connectivity index (χ3v) is 3.82. The topological polar surface area (TPSA) is 59.4 Å². The number of carbonyl (C=O) groups excluding carboxylic acids is 1. The van der Waals surface area contributed by atoms with Crippen LogP contribution in [0.3, 0.4) is 0 Å². The van der Waals surface area contributed by atoms with Crippen LogP contribution < -0.4 is 10.1 Å². The van der Waals surface area contributed by atoms with Gasteiger partial charge in [-0.05, 0) is 31.7 Å². The Morgan fingerprint density at radius 2 is 2.04 bits per heavy atom. The number of hydrogen-bond donors (Lipinski definition) is 1. The monoisotopic (exact) mass is 352 g/mol. The minimum absolute atomic E-state index is 0. The molecule has 0 aliphatic carbocycles. The smallest absolute Gasteiger partial charge is 0.244 e. The van der Waals surface area contributed by atoms with Crippen molar-refractivity contribution in [3.8, 4) is 5.75 Å². The van der Waals surface area contributed by atoms with Crippen molar-refractivity contribution in [2.24, 2.45) is 7.05 Å². The van der Waals surface area contributed by atoms with Crippen LogP contribution in [0.15, 0.2) is 36.7 Å². The lowest BCUT2D eigenvalue weighted by molar-refractivity contribution is -0.133. The molecule has 1 amide bonds. The van der Waals surface area contributed by atoms with Crippen molar-refractivity contribution in [2.75, 3.05) is 20.7 Å². The van der Waals surface area contributed by atoms with Crippen LogP contribution in [0.1, 0.15) is 24.1 Å². The van der Waals surface area contributed by atoms with Crippen LogP contribution in [0.5, 0.6) is 5.75 Å². The number of carbonyl (C=O) groups is 1. The summed E-state index contributed by atoms with van der Waals surface area (Å²) in [5.41, 5.74) is 1.94. The van der Waals surface area contributed by atoms with Gasteiger partial charge < -0.3 is 15.0 Å². The number of benzene rings is 1. The van der Waals surface area contributed by atoms with Gasteiger partial charge in [0.25, 0.3) is 0 Å². The van der Waals surface area contributed by atoms with Crippen LogP contribution in [0.2, 0.25) is 0 Å². The molecule has 24 heavy (non-hydrogen) atoms. The van der Waals surface area contributed by atoms with E-state index < -0.39 is 0 Å². The second-order valence-electron chi connectivity index (χ2n) is 5.37. The van der Waals surface area contributed by atoms with Crippen molar-refractivity contribution in [1.29, 1.82) is 0 Å². The minimum Gasteiger partial charge on any atom is -0.497 e. The lowest BCUT2D eigenvalue weighted by atomic mass is 10.1. The molecule has 0 bridgehead atoms. The summed E-state index contributed by atoms with van der Waals surface area (Å²) in [5, 5.41) is 7.23. The largest absolute Gasteiger partial charge is 0.497 e. The molecule has 1 atom stereocenters. The van der Waals surface area contributed by atoms with Gasteiger partial charge in [-0.2, -0.15) is 5.10 Å². The Bertz CT molecular complexity index is 642. The molecular weight excluding hydrogens is 328 g/mol. The number of likely N-dealkylation sites (N-methyl/N-ethyl adjacent to an activating group) is 2. The highest BCUT2D eigenvalue weighted by molar-refractivity contribution is 5.85. The molecular formula is C17H25ClN4O2. The molecule has 0 aliphatic rings. The Labute approximate surface area is 149 Å². The van der Waals surface area contributed by atoms with Crippen molar-refractivity contribution >= 4 is 18.3 Å². The van der Waals surface area contributed by atoms with Crippen LogP contribution in [-0.2, 0) is 18.4 Å². The molecule has 1 heterocycles. The minimum atomic E-state index is -0.387. The fourth-order valence-electron chi connectivity index (χ4n) is 2.50. The lowest BCUT2D eigenvalue weighted by Gasteiger charge is -2.26.